The first kappa shape index (κ1) is 12.4. The summed E-state index contributed by atoms with van der Waals surface area (Å²) in [4.78, 5) is 14.4. The van der Waals surface area contributed by atoms with Crippen molar-refractivity contribution < 1.29 is 4.79 Å². The summed E-state index contributed by atoms with van der Waals surface area (Å²) in [6.45, 7) is 6.32. The average Bonchev–Trinajstić information content (AvgIpc) is 2.66. The summed E-state index contributed by atoms with van der Waals surface area (Å²) >= 11 is 1.78. The third-order valence-corrected chi connectivity index (χ3v) is 3.92. The summed E-state index contributed by atoms with van der Waals surface area (Å²) in [6, 6.07) is 4.23. The van der Waals surface area contributed by atoms with Gasteiger partial charge in [0, 0.05) is 22.1 Å². The number of Topliss-reactive ketones (excluding diaryl/α,β-unsaturated/α-hetero) is 1. The van der Waals surface area contributed by atoms with E-state index in [2.05, 4.69) is 26.0 Å². The number of carbonyl (C=O) groups is 1. The maximum absolute atomic E-state index is 11.8. The van der Waals surface area contributed by atoms with E-state index >= 15 is 0 Å². The predicted molar refractivity (Wildman–Crippen MR) is 66.5 cm³/mol. The Morgan fingerprint density at radius 1 is 1.33 bits per heavy atom. The molecule has 1 atom stereocenters. The Hall–Kier alpha value is -0.630. The second-order valence-electron chi connectivity index (χ2n) is 4.05. The molecule has 0 aliphatic rings. The third-order valence-electron chi connectivity index (χ3n) is 2.69. The molecule has 0 bridgehead atoms. The lowest BCUT2D eigenvalue weighted by atomic mass is 9.98. The van der Waals surface area contributed by atoms with Gasteiger partial charge in [-0.25, -0.2) is 0 Å². The molecule has 0 saturated carbocycles. The van der Waals surface area contributed by atoms with Crippen LogP contribution in [0, 0.1) is 5.92 Å². The molecule has 2 heteroatoms. The highest BCUT2D eigenvalue weighted by molar-refractivity contribution is 7.12. The first-order valence-corrected chi connectivity index (χ1v) is 6.59. The van der Waals surface area contributed by atoms with E-state index < -0.39 is 0 Å². The minimum Gasteiger partial charge on any atom is -0.299 e. The quantitative estimate of drug-likeness (QED) is 0.717. The summed E-state index contributed by atoms with van der Waals surface area (Å²) in [5.41, 5.74) is 0. The van der Waals surface area contributed by atoms with E-state index in [0.717, 1.165) is 19.3 Å². The molecular formula is C13H20OS. The van der Waals surface area contributed by atoms with Crippen LogP contribution in [0.3, 0.4) is 0 Å². The van der Waals surface area contributed by atoms with Crippen molar-refractivity contribution in [3.8, 4) is 0 Å². The Balaban J connectivity index is 2.50. The molecule has 1 aromatic rings. The van der Waals surface area contributed by atoms with Crippen LogP contribution in [-0.2, 0) is 17.6 Å². The second-order valence-corrected chi connectivity index (χ2v) is 5.31. The van der Waals surface area contributed by atoms with Crippen LogP contribution in [-0.4, -0.2) is 5.78 Å². The van der Waals surface area contributed by atoms with Crippen LogP contribution in [0.2, 0.25) is 0 Å². The van der Waals surface area contributed by atoms with Gasteiger partial charge in [0.05, 0.1) is 0 Å². The number of rotatable bonds is 6. The fourth-order valence-corrected chi connectivity index (χ4v) is 2.62. The molecule has 0 fully saturated rings. The third kappa shape index (κ3) is 3.78. The molecule has 0 amide bonds. The first-order valence-electron chi connectivity index (χ1n) is 5.77. The van der Waals surface area contributed by atoms with E-state index in [9.17, 15) is 4.79 Å². The van der Waals surface area contributed by atoms with E-state index in [1.165, 1.54) is 9.75 Å². The topological polar surface area (TPSA) is 17.1 Å². The molecule has 0 aliphatic heterocycles. The number of thiophene rings is 1. The van der Waals surface area contributed by atoms with Gasteiger partial charge >= 0.3 is 0 Å². The van der Waals surface area contributed by atoms with Crippen LogP contribution in [0.4, 0.5) is 0 Å². The van der Waals surface area contributed by atoms with E-state index in [4.69, 9.17) is 0 Å². The van der Waals surface area contributed by atoms with Crippen molar-refractivity contribution in [2.24, 2.45) is 5.92 Å². The number of carbonyl (C=O) groups excluding carboxylic acids is 1. The number of ketones is 1. The van der Waals surface area contributed by atoms with Crippen LogP contribution < -0.4 is 0 Å². The van der Waals surface area contributed by atoms with Crippen molar-refractivity contribution in [1.29, 1.82) is 0 Å². The van der Waals surface area contributed by atoms with E-state index in [-0.39, 0.29) is 5.92 Å². The van der Waals surface area contributed by atoms with Gasteiger partial charge in [0.15, 0.2) is 0 Å². The highest BCUT2D eigenvalue weighted by Crippen LogP contribution is 2.19. The van der Waals surface area contributed by atoms with Crippen LogP contribution in [0.5, 0.6) is 0 Å². The summed E-state index contributed by atoms with van der Waals surface area (Å²) in [7, 11) is 0. The van der Waals surface area contributed by atoms with Crippen molar-refractivity contribution in [2.45, 2.75) is 46.5 Å². The Morgan fingerprint density at radius 3 is 2.53 bits per heavy atom. The maximum atomic E-state index is 11.8. The molecule has 1 unspecified atom stereocenters. The Bertz CT molecular complexity index is 314. The van der Waals surface area contributed by atoms with Gasteiger partial charge in [-0.1, -0.05) is 27.2 Å². The second kappa shape index (κ2) is 6.06. The lowest BCUT2D eigenvalue weighted by Crippen LogP contribution is -2.12. The monoisotopic (exact) mass is 224 g/mol. The van der Waals surface area contributed by atoms with Gasteiger partial charge in [-0.3, -0.25) is 4.79 Å². The Kier molecular flexibility index (Phi) is 5.03. The van der Waals surface area contributed by atoms with Crippen LogP contribution in [0.1, 0.15) is 43.4 Å². The van der Waals surface area contributed by atoms with Crippen molar-refractivity contribution >= 4 is 17.1 Å². The van der Waals surface area contributed by atoms with Gasteiger partial charge in [-0.05, 0) is 25.0 Å². The van der Waals surface area contributed by atoms with Gasteiger partial charge in [-0.2, -0.15) is 0 Å². The van der Waals surface area contributed by atoms with Gasteiger partial charge in [0.2, 0.25) is 0 Å². The molecule has 0 aromatic carbocycles. The first-order chi connectivity index (χ1) is 7.17. The summed E-state index contributed by atoms with van der Waals surface area (Å²) in [6.07, 6.45) is 3.82. The molecule has 0 radical (unpaired) electrons. The lowest BCUT2D eigenvalue weighted by Gasteiger charge is -2.07. The van der Waals surface area contributed by atoms with Gasteiger partial charge in [-0.15, -0.1) is 11.3 Å². The average molecular weight is 224 g/mol. The molecule has 84 valence electrons. The van der Waals surface area contributed by atoms with E-state index in [1.807, 2.05) is 6.92 Å². The Labute approximate surface area is 96.5 Å². The molecule has 1 nitrogen and oxygen atoms in total. The van der Waals surface area contributed by atoms with Crippen LogP contribution in [0.15, 0.2) is 12.1 Å². The summed E-state index contributed by atoms with van der Waals surface area (Å²) < 4.78 is 0. The molecule has 1 aromatic heterocycles. The van der Waals surface area contributed by atoms with E-state index in [0.29, 0.717) is 12.2 Å². The minimum atomic E-state index is 0.224. The Morgan fingerprint density at radius 2 is 2.00 bits per heavy atom. The molecule has 1 rings (SSSR count). The SMILES string of the molecule is CCCC(C)C(=O)Cc1ccc(CC)s1. The highest BCUT2D eigenvalue weighted by atomic mass is 32.1. The zero-order valence-corrected chi connectivity index (χ0v) is 10.7. The summed E-state index contributed by atoms with van der Waals surface area (Å²) in [5.74, 6) is 0.614. The zero-order valence-electron chi connectivity index (χ0n) is 9.88. The van der Waals surface area contributed by atoms with Gasteiger partial charge in [0.1, 0.15) is 5.78 Å². The van der Waals surface area contributed by atoms with E-state index in [1.54, 1.807) is 11.3 Å². The molecule has 0 saturated heterocycles. The van der Waals surface area contributed by atoms with Crippen molar-refractivity contribution in [3.05, 3.63) is 21.9 Å². The van der Waals surface area contributed by atoms with Gasteiger partial charge < -0.3 is 0 Å². The molecule has 1 heterocycles. The number of aryl methyl sites for hydroxylation is 1. The fraction of sp³-hybridized carbons (Fsp3) is 0.615. The minimum absolute atomic E-state index is 0.224. The standard InChI is InChI=1S/C13H20OS/c1-4-6-10(3)13(14)9-12-8-7-11(5-2)15-12/h7-8,10H,4-6,9H2,1-3H3. The highest BCUT2D eigenvalue weighted by Gasteiger charge is 2.13. The summed E-state index contributed by atoms with van der Waals surface area (Å²) in [5, 5.41) is 0. The molecule has 0 spiro atoms. The van der Waals surface area contributed by atoms with Crippen molar-refractivity contribution in [2.75, 3.05) is 0 Å². The maximum Gasteiger partial charge on any atom is 0.140 e. The van der Waals surface area contributed by atoms with Gasteiger partial charge in [0.25, 0.3) is 0 Å². The molecular weight excluding hydrogens is 204 g/mol. The fourth-order valence-electron chi connectivity index (χ4n) is 1.65. The smallest absolute Gasteiger partial charge is 0.140 e. The number of hydrogen-bond acceptors (Lipinski definition) is 2. The van der Waals surface area contributed by atoms with Crippen molar-refractivity contribution in [3.63, 3.8) is 0 Å². The predicted octanol–water partition coefficient (Wildman–Crippen LogP) is 3.86. The zero-order chi connectivity index (χ0) is 11.3. The normalized spacial score (nSPS) is 12.7. The lowest BCUT2D eigenvalue weighted by molar-refractivity contribution is -0.121. The molecule has 15 heavy (non-hydrogen) atoms. The van der Waals surface area contributed by atoms with Crippen molar-refractivity contribution in [1.82, 2.24) is 0 Å². The largest absolute Gasteiger partial charge is 0.299 e. The molecule has 0 aliphatic carbocycles. The molecule has 0 N–H and O–H groups in total. The van der Waals surface area contributed by atoms with Crippen LogP contribution in [0.25, 0.3) is 0 Å². The van der Waals surface area contributed by atoms with Crippen LogP contribution >= 0.6 is 11.3 Å². The number of hydrogen-bond donors (Lipinski definition) is 0.